The van der Waals surface area contributed by atoms with Gasteiger partial charge in [-0.05, 0) is 18.2 Å². The topological polar surface area (TPSA) is 91.2 Å². The molecule has 23 heavy (non-hydrogen) atoms. The number of ether oxygens (including phenoxy) is 1. The lowest BCUT2D eigenvalue weighted by Gasteiger charge is -2.09. The van der Waals surface area contributed by atoms with Crippen molar-refractivity contribution in [2.45, 2.75) is 12.6 Å². The van der Waals surface area contributed by atoms with Gasteiger partial charge >= 0.3 is 12.3 Å². The van der Waals surface area contributed by atoms with E-state index in [2.05, 4.69) is 10.1 Å². The van der Waals surface area contributed by atoms with Crippen molar-refractivity contribution in [1.82, 2.24) is 5.32 Å². The Morgan fingerprint density at radius 3 is 2.61 bits per heavy atom. The highest BCUT2D eigenvalue weighted by Crippen LogP contribution is 2.20. The van der Waals surface area contributed by atoms with Gasteiger partial charge in [-0.3, -0.25) is 4.79 Å². The van der Waals surface area contributed by atoms with Crippen LogP contribution in [0.5, 0.6) is 0 Å². The summed E-state index contributed by atoms with van der Waals surface area (Å²) < 4.78 is 39.3. The van der Waals surface area contributed by atoms with Crippen LogP contribution < -0.4 is 10.6 Å². The SMILES string of the molecule is N#Cc1ccc(NC(=O)CCNC(=O)OCC(F)(F)F)cc1Cl. The van der Waals surface area contributed by atoms with Gasteiger partial charge in [-0.2, -0.15) is 18.4 Å². The summed E-state index contributed by atoms with van der Waals surface area (Å²) in [5.41, 5.74) is 0.595. The monoisotopic (exact) mass is 349 g/mol. The zero-order chi connectivity index (χ0) is 17.5. The van der Waals surface area contributed by atoms with E-state index in [0.29, 0.717) is 5.69 Å². The van der Waals surface area contributed by atoms with Crippen molar-refractivity contribution < 1.29 is 27.5 Å². The van der Waals surface area contributed by atoms with Crippen molar-refractivity contribution in [3.63, 3.8) is 0 Å². The highest BCUT2D eigenvalue weighted by molar-refractivity contribution is 6.32. The third kappa shape index (κ3) is 7.37. The molecule has 0 spiro atoms. The van der Waals surface area contributed by atoms with Crippen LogP contribution >= 0.6 is 11.6 Å². The van der Waals surface area contributed by atoms with Crippen LogP contribution in [0.25, 0.3) is 0 Å². The number of nitriles is 1. The molecule has 0 fully saturated rings. The normalized spacial score (nSPS) is 10.6. The second-order valence-electron chi connectivity index (χ2n) is 4.22. The van der Waals surface area contributed by atoms with E-state index in [0.717, 1.165) is 0 Å². The van der Waals surface area contributed by atoms with E-state index in [1.165, 1.54) is 18.2 Å². The van der Waals surface area contributed by atoms with Gasteiger partial charge in [0.25, 0.3) is 0 Å². The zero-order valence-corrected chi connectivity index (χ0v) is 12.3. The molecule has 0 bridgehead atoms. The maximum Gasteiger partial charge on any atom is 0.422 e. The fraction of sp³-hybridized carbons (Fsp3) is 0.308. The molecule has 0 aromatic heterocycles. The number of rotatable bonds is 5. The third-order valence-electron chi connectivity index (χ3n) is 2.36. The van der Waals surface area contributed by atoms with Gasteiger partial charge in [0.2, 0.25) is 5.91 Å². The molecule has 0 saturated carbocycles. The van der Waals surface area contributed by atoms with E-state index in [1.54, 1.807) is 0 Å². The number of nitrogens with zero attached hydrogens (tertiary/aromatic N) is 1. The lowest BCUT2D eigenvalue weighted by molar-refractivity contribution is -0.160. The average Bonchev–Trinajstić information content (AvgIpc) is 2.44. The number of amides is 2. The van der Waals surface area contributed by atoms with E-state index in [1.807, 2.05) is 11.4 Å². The highest BCUT2D eigenvalue weighted by Gasteiger charge is 2.29. The van der Waals surface area contributed by atoms with Gasteiger partial charge in [0.05, 0.1) is 10.6 Å². The lowest BCUT2D eigenvalue weighted by atomic mass is 10.2. The van der Waals surface area contributed by atoms with Crippen molar-refractivity contribution in [3.05, 3.63) is 28.8 Å². The van der Waals surface area contributed by atoms with Crippen LogP contribution in [0.15, 0.2) is 18.2 Å². The van der Waals surface area contributed by atoms with Crippen molar-refractivity contribution in [1.29, 1.82) is 5.26 Å². The summed E-state index contributed by atoms with van der Waals surface area (Å²) >= 11 is 5.79. The van der Waals surface area contributed by atoms with Gasteiger partial charge in [-0.25, -0.2) is 4.79 Å². The number of hydrogen-bond acceptors (Lipinski definition) is 4. The number of carbonyl (C=O) groups excluding carboxylic acids is 2. The molecular formula is C13H11ClF3N3O3. The summed E-state index contributed by atoms with van der Waals surface area (Å²) in [6.45, 7) is -1.90. The van der Waals surface area contributed by atoms with Crippen molar-refractivity contribution >= 4 is 29.3 Å². The molecule has 0 aliphatic carbocycles. The summed E-state index contributed by atoms with van der Waals surface area (Å²) in [5, 5.41) is 13.3. The summed E-state index contributed by atoms with van der Waals surface area (Å²) in [5.74, 6) is -0.498. The standard InChI is InChI=1S/C13H11ClF3N3O3/c14-10-5-9(2-1-8(10)6-18)20-11(21)3-4-19-12(22)23-7-13(15,16)17/h1-2,5H,3-4,7H2,(H,19,22)(H,20,21). The maximum absolute atomic E-state index is 11.8. The number of alkyl carbamates (subject to hydrolysis) is 1. The minimum Gasteiger partial charge on any atom is -0.440 e. The van der Waals surface area contributed by atoms with E-state index < -0.39 is 24.8 Å². The smallest absolute Gasteiger partial charge is 0.422 e. The largest absolute Gasteiger partial charge is 0.440 e. The fourth-order valence-electron chi connectivity index (χ4n) is 1.38. The third-order valence-corrected chi connectivity index (χ3v) is 2.67. The van der Waals surface area contributed by atoms with Gasteiger partial charge in [0, 0.05) is 18.7 Å². The molecule has 6 nitrogen and oxygen atoms in total. The van der Waals surface area contributed by atoms with Crippen molar-refractivity contribution in [2.24, 2.45) is 0 Å². The molecule has 10 heteroatoms. The van der Waals surface area contributed by atoms with Crippen LogP contribution in [0.4, 0.5) is 23.7 Å². The van der Waals surface area contributed by atoms with E-state index in [-0.39, 0.29) is 23.6 Å². The quantitative estimate of drug-likeness (QED) is 0.855. The Labute approximate surface area is 134 Å². The first-order valence-corrected chi connectivity index (χ1v) is 6.56. The van der Waals surface area contributed by atoms with E-state index in [4.69, 9.17) is 16.9 Å². The highest BCUT2D eigenvalue weighted by atomic mass is 35.5. The molecule has 1 rings (SSSR count). The molecule has 0 heterocycles. The zero-order valence-electron chi connectivity index (χ0n) is 11.5. The molecule has 0 atom stereocenters. The van der Waals surface area contributed by atoms with Crippen LogP contribution in [-0.2, 0) is 9.53 Å². The van der Waals surface area contributed by atoms with Crippen LogP contribution in [0.2, 0.25) is 5.02 Å². The predicted octanol–water partition coefficient (Wildman–Crippen LogP) is 2.83. The van der Waals surface area contributed by atoms with Gasteiger partial charge in [0.1, 0.15) is 6.07 Å². The van der Waals surface area contributed by atoms with Crippen LogP contribution in [0, 0.1) is 11.3 Å². The van der Waals surface area contributed by atoms with Crippen molar-refractivity contribution in [2.75, 3.05) is 18.5 Å². The molecule has 2 N–H and O–H groups in total. The Morgan fingerprint density at radius 1 is 1.35 bits per heavy atom. The van der Waals surface area contributed by atoms with Gasteiger partial charge in [-0.15, -0.1) is 0 Å². The number of hydrogen-bond donors (Lipinski definition) is 2. The minimum absolute atomic E-state index is 0.166. The lowest BCUT2D eigenvalue weighted by Crippen LogP contribution is -2.31. The summed E-state index contributed by atoms with van der Waals surface area (Å²) in [6, 6.07) is 6.12. The Bertz CT molecular complexity index is 629. The first-order valence-electron chi connectivity index (χ1n) is 6.18. The Kier molecular flexibility index (Phi) is 6.65. The minimum atomic E-state index is -4.61. The van der Waals surface area contributed by atoms with E-state index >= 15 is 0 Å². The van der Waals surface area contributed by atoms with Crippen LogP contribution in [0.3, 0.4) is 0 Å². The second-order valence-corrected chi connectivity index (χ2v) is 4.63. The molecule has 2 amide bonds. The van der Waals surface area contributed by atoms with Gasteiger partial charge in [0.15, 0.2) is 6.61 Å². The first kappa shape index (κ1) is 18.6. The van der Waals surface area contributed by atoms with Gasteiger partial charge in [-0.1, -0.05) is 11.6 Å². The Morgan fingerprint density at radius 2 is 2.04 bits per heavy atom. The molecule has 0 saturated heterocycles. The number of halogens is 4. The fourth-order valence-corrected chi connectivity index (χ4v) is 1.61. The number of anilines is 1. The summed E-state index contributed by atoms with van der Waals surface area (Å²) in [6.07, 6.45) is -6.06. The second kappa shape index (κ2) is 8.24. The average molecular weight is 350 g/mol. The van der Waals surface area contributed by atoms with Gasteiger partial charge < -0.3 is 15.4 Å². The Balaban J connectivity index is 2.34. The molecule has 1 aromatic carbocycles. The van der Waals surface area contributed by atoms with Crippen LogP contribution in [0.1, 0.15) is 12.0 Å². The molecule has 0 unspecified atom stereocenters. The molecular weight excluding hydrogens is 339 g/mol. The van der Waals surface area contributed by atoms with Crippen molar-refractivity contribution in [3.8, 4) is 6.07 Å². The Hall–Kier alpha value is -2.47. The first-order chi connectivity index (χ1) is 10.7. The molecule has 0 aliphatic rings. The number of alkyl halides is 3. The molecule has 0 aliphatic heterocycles. The number of nitrogens with one attached hydrogen (secondary N) is 2. The van der Waals surface area contributed by atoms with Crippen LogP contribution in [-0.4, -0.2) is 31.3 Å². The predicted molar refractivity (Wildman–Crippen MR) is 74.8 cm³/mol. The van der Waals surface area contributed by atoms with E-state index in [9.17, 15) is 22.8 Å². The molecule has 1 aromatic rings. The molecule has 124 valence electrons. The summed E-state index contributed by atoms with van der Waals surface area (Å²) in [4.78, 5) is 22.5. The molecule has 0 radical (unpaired) electrons. The number of benzene rings is 1. The summed E-state index contributed by atoms with van der Waals surface area (Å²) in [7, 11) is 0. The maximum atomic E-state index is 11.8. The number of carbonyl (C=O) groups is 2.